The Hall–Kier alpha value is -0.690. The van der Waals surface area contributed by atoms with E-state index in [2.05, 4.69) is 13.0 Å². The van der Waals surface area contributed by atoms with Crippen molar-refractivity contribution in [1.82, 2.24) is 0 Å². The van der Waals surface area contributed by atoms with Crippen LogP contribution in [0.5, 0.6) is 5.75 Å². The summed E-state index contributed by atoms with van der Waals surface area (Å²) in [7, 11) is 1.68. The van der Waals surface area contributed by atoms with Gasteiger partial charge >= 0.3 is 0 Å². The predicted molar refractivity (Wildman–Crippen MR) is 59.4 cm³/mol. The van der Waals surface area contributed by atoms with Gasteiger partial charge in [0.2, 0.25) is 0 Å². The third kappa shape index (κ3) is 1.50. The van der Waals surface area contributed by atoms with Crippen LogP contribution in [0.2, 0.25) is 5.02 Å². The first-order valence-corrected chi connectivity index (χ1v) is 5.46. The van der Waals surface area contributed by atoms with Crippen LogP contribution < -0.4 is 4.74 Å². The highest BCUT2D eigenvalue weighted by atomic mass is 35.5. The zero-order valence-corrected chi connectivity index (χ0v) is 9.45. The van der Waals surface area contributed by atoms with Gasteiger partial charge in [-0.3, -0.25) is 0 Å². The summed E-state index contributed by atoms with van der Waals surface area (Å²) in [4.78, 5) is 0. The highest BCUT2D eigenvalue weighted by Crippen LogP contribution is 2.36. The molecule has 1 aliphatic carbocycles. The van der Waals surface area contributed by atoms with Gasteiger partial charge in [0.1, 0.15) is 5.75 Å². The van der Waals surface area contributed by atoms with Crippen molar-refractivity contribution >= 4 is 11.6 Å². The Morgan fingerprint density at radius 2 is 2.00 bits per heavy atom. The minimum atomic E-state index is 0.755. The van der Waals surface area contributed by atoms with Crippen LogP contribution in [0.4, 0.5) is 0 Å². The van der Waals surface area contributed by atoms with Crippen molar-refractivity contribution in [3.05, 3.63) is 27.8 Å². The molecule has 1 aromatic carbocycles. The Bertz CT molecular complexity index is 358. The molecule has 2 rings (SSSR count). The number of halogens is 1. The van der Waals surface area contributed by atoms with Gasteiger partial charge in [0, 0.05) is 0 Å². The van der Waals surface area contributed by atoms with Crippen LogP contribution in [-0.4, -0.2) is 7.11 Å². The lowest BCUT2D eigenvalue weighted by atomic mass is 9.88. The number of ether oxygens (including phenoxy) is 1. The molecule has 0 amide bonds. The summed E-state index contributed by atoms with van der Waals surface area (Å²) in [5.41, 5.74) is 4.10. The lowest BCUT2D eigenvalue weighted by molar-refractivity contribution is 0.410. The zero-order valence-electron chi connectivity index (χ0n) is 8.69. The van der Waals surface area contributed by atoms with E-state index in [1.165, 1.54) is 42.4 Å². The van der Waals surface area contributed by atoms with Crippen LogP contribution in [0.15, 0.2) is 6.07 Å². The number of rotatable bonds is 1. The molecular formula is C12H15ClO. The molecule has 2 heteroatoms. The van der Waals surface area contributed by atoms with Gasteiger partial charge in [-0.05, 0) is 55.4 Å². The van der Waals surface area contributed by atoms with E-state index < -0.39 is 0 Å². The summed E-state index contributed by atoms with van der Waals surface area (Å²) in [6.07, 6.45) is 4.92. The molecule has 0 unspecified atom stereocenters. The highest BCUT2D eigenvalue weighted by molar-refractivity contribution is 6.32. The summed E-state index contributed by atoms with van der Waals surface area (Å²) in [6.45, 7) is 2.11. The number of aryl methyl sites for hydroxylation is 1. The van der Waals surface area contributed by atoms with E-state index in [1.807, 2.05) is 0 Å². The van der Waals surface area contributed by atoms with Crippen molar-refractivity contribution in [1.29, 1.82) is 0 Å². The number of hydrogen-bond donors (Lipinski definition) is 0. The summed E-state index contributed by atoms with van der Waals surface area (Å²) in [5.74, 6) is 0.854. The van der Waals surface area contributed by atoms with Crippen molar-refractivity contribution < 1.29 is 4.74 Å². The Morgan fingerprint density at radius 3 is 2.71 bits per heavy atom. The molecule has 14 heavy (non-hydrogen) atoms. The highest BCUT2D eigenvalue weighted by Gasteiger charge is 2.17. The molecule has 0 fully saturated rings. The van der Waals surface area contributed by atoms with E-state index >= 15 is 0 Å². The van der Waals surface area contributed by atoms with Crippen molar-refractivity contribution in [3.8, 4) is 5.75 Å². The molecule has 0 saturated carbocycles. The lowest BCUT2D eigenvalue weighted by Gasteiger charge is -2.20. The molecule has 0 radical (unpaired) electrons. The molecule has 0 spiro atoms. The zero-order chi connectivity index (χ0) is 10.1. The summed E-state index contributed by atoms with van der Waals surface area (Å²) in [6, 6.07) is 2.07. The van der Waals surface area contributed by atoms with Gasteiger partial charge in [0.25, 0.3) is 0 Å². The molecule has 76 valence electrons. The SMILES string of the molecule is COc1c(Cl)cc2c(c1C)CCCC2. The summed E-state index contributed by atoms with van der Waals surface area (Å²) >= 11 is 6.14. The van der Waals surface area contributed by atoms with Crippen molar-refractivity contribution in [2.24, 2.45) is 0 Å². The Labute approximate surface area is 90.0 Å². The Morgan fingerprint density at radius 1 is 1.29 bits per heavy atom. The molecule has 0 atom stereocenters. The molecule has 0 N–H and O–H groups in total. The van der Waals surface area contributed by atoms with Crippen LogP contribution in [0.3, 0.4) is 0 Å². The fourth-order valence-electron chi connectivity index (χ4n) is 2.30. The monoisotopic (exact) mass is 210 g/mol. The van der Waals surface area contributed by atoms with Crippen LogP contribution in [-0.2, 0) is 12.8 Å². The average molecular weight is 211 g/mol. The predicted octanol–water partition coefficient (Wildman–Crippen LogP) is 3.54. The van der Waals surface area contributed by atoms with E-state index in [1.54, 1.807) is 7.11 Å². The normalized spacial score (nSPS) is 15.1. The first-order valence-electron chi connectivity index (χ1n) is 5.09. The first-order chi connectivity index (χ1) is 6.74. The van der Waals surface area contributed by atoms with Crippen LogP contribution in [0.1, 0.15) is 29.5 Å². The van der Waals surface area contributed by atoms with Gasteiger partial charge in [-0.2, -0.15) is 0 Å². The lowest BCUT2D eigenvalue weighted by Crippen LogP contribution is -2.06. The third-order valence-corrected chi connectivity index (χ3v) is 3.31. The quantitative estimate of drug-likeness (QED) is 0.689. The van der Waals surface area contributed by atoms with E-state index in [0.717, 1.165) is 10.8 Å². The molecule has 0 heterocycles. The number of hydrogen-bond acceptors (Lipinski definition) is 1. The standard InChI is InChI=1S/C12H15ClO/c1-8-10-6-4-3-5-9(10)7-11(13)12(8)14-2/h7H,3-6H2,1-2H3. The van der Waals surface area contributed by atoms with E-state index in [-0.39, 0.29) is 0 Å². The van der Waals surface area contributed by atoms with Crippen LogP contribution >= 0.6 is 11.6 Å². The molecule has 0 aromatic heterocycles. The number of benzene rings is 1. The maximum absolute atomic E-state index is 6.14. The average Bonchev–Trinajstić information content (AvgIpc) is 2.18. The second-order valence-corrected chi connectivity index (χ2v) is 4.27. The molecule has 1 aliphatic rings. The fourth-order valence-corrected chi connectivity index (χ4v) is 2.65. The van der Waals surface area contributed by atoms with Gasteiger partial charge in [0.05, 0.1) is 12.1 Å². The van der Waals surface area contributed by atoms with Gasteiger partial charge in [-0.15, -0.1) is 0 Å². The molecular weight excluding hydrogens is 196 g/mol. The molecule has 1 aromatic rings. The molecule has 0 saturated heterocycles. The van der Waals surface area contributed by atoms with E-state index in [9.17, 15) is 0 Å². The van der Waals surface area contributed by atoms with Crippen LogP contribution in [0, 0.1) is 6.92 Å². The van der Waals surface area contributed by atoms with Gasteiger partial charge in [-0.1, -0.05) is 11.6 Å². The second-order valence-electron chi connectivity index (χ2n) is 3.86. The molecule has 1 nitrogen and oxygen atoms in total. The third-order valence-electron chi connectivity index (χ3n) is 3.03. The van der Waals surface area contributed by atoms with E-state index in [0.29, 0.717) is 0 Å². The molecule has 0 bridgehead atoms. The molecule has 0 aliphatic heterocycles. The topological polar surface area (TPSA) is 9.23 Å². The van der Waals surface area contributed by atoms with Crippen molar-refractivity contribution in [2.75, 3.05) is 7.11 Å². The minimum absolute atomic E-state index is 0.755. The second kappa shape index (κ2) is 3.82. The minimum Gasteiger partial charge on any atom is -0.495 e. The van der Waals surface area contributed by atoms with Crippen molar-refractivity contribution in [2.45, 2.75) is 32.6 Å². The summed E-state index contributed by atoms with van der Waals surface area (Å²) < 4.78 is 5.31. The fraction of sp³-hybridized carbons (Fsp3) is 0.500. The first kappa shape index (κ1) is 9.85. The largest absolute Gasteiger partial charge is 0.495 e. The number of fused-ring (bicyclic) bond motifs is 1. The van der Waals surface area contributed by atoms with Crippen LogP contribution in [0.25, 0.3) is 0 Å². The maximum atomic E-state index is 6.14. The van der Waals surface area contributed by atoms with Gasteiger partial charge in [0.15, 0.2) is 0 Å². The number of methoxy groups -OCH3 is 1. The van der Waals surface area contributed by atoms with Gasteiger partial charge < -0.3 is 4.74 Å². The van der Waals surface area contributed by atoms with Crippen molar-refractivity contribution in [3.63, 3.8) is 0 Å². The Balaban J connectivity index is 2.57. The Kier molecular flexibility index (Phi) is 2.69. The maximum Gasteiger partial charge on any atom is 0.140 e. The smallest absolute Gasteiger partial charge is 0.140 e. The summed E-state index contributed by atoms with van der Waals surface area (Å²) in [5, 5.41) is 0.755. The van der Waals surface area contributed by atoms with Gasteiger partial charge in [-0.25, -0.2) is 0 Å². The van der Waals surface area contributed by atoms with E-state index in [4.69, 9.17) is 16.3 Å².